The van der Waals surface area contributed by atoms with Gasteiger partial charge in [0.05, 0.1) is 17.6 Å². The Bertz CT molecular complexity index is 1480. The predicted molar refractivity (Wildman–Crippen MR) is 124 cm³/mol. The molecule has 8 nitrogen and oxygen atoms in total. The maximum atomic E-state index is 15.1. The van der Waals surface area contributed by atoms with Crippen molar-refractivity contribution in [3.8, 4) is 5.69 Å². The van der Waals surface area contributed by atoms with Gasteiger partial charge >= 0.3 is 6.18 Å². The number of carbonyl (C=O) groups excluding carboxylic acids is 1. The number of amides is 1. The van der Waals surface area contributed by atoms with Crippen LogP contribution in [0.1, 0.15) is 24.2 Å². The van der Waals surface area contributed by atoms with E-state index in [-0.39, 0.29) is 25.2 Å². The molecule has 2 aromatic heterocycles. The molecule has 1 aliphatic rings. The normalized spacial score (nSPS) is 18.7. The van der Waals surface area contributed by atoms with Crippen molar-refractivity contribution in [1.82, 2.24) is 14.9 Å². The van der Waals surface area contributed by atoms with Crippen LogP contribution >= 0.6 is 0 Å². The number of fused-ring (bicyclic) bond motifs is 1. The van der Waals surface area contributed by atoms with E-state index in [1.807, 2.05) is 0 Å². The van der Waals surface area contributed by atoms with E-state index in [1.54, 1.807) is 5.32 Å². The highest BCUT2D eigenvalue weighted by Gasteiger charge is 2.43. The van der Waals surface area contributed by atoms with Gasteiger partial charge in [0.15, 0.2) is 28.9 Å². The molecule has 1 saturated heterocycles. The van der Waals surface area contributed by atoms with Crippen molar-refractivity contribution < 1.29 is 45.7 Å². The first-order valence-electron chi connectivity index (χ1n) is 11.5. The number of aromatic nitrogens is 2. The molecule has 0 spiro atoms. The molecule has 39 heavy (non-hydrogen) atoms. The Labute approximate surface area is 215 Å². The third-order valence-electron chi connectivity index (χ3n) is 6.24. The number of anilines is 1. The Morgan fingerprint density at radius 3 is 2.10 bits per heavy atom. The van der Waals surface area contributed by atoms with Gasteiger partial charge in [-0.25, -0.2) is 22.5 Å². The molecule has 15 heteroatoms. The van der Waals surface area contributed by atoms with Crippen LogP contribution in [-0.4, -0.2) is 63.2 Å². The van der Waals surface area contributed by atoms with E-state index in [4.69, 9.17) is 0 Å². The number of aliphatic hydroxyl groups is 2. The zero-order chi connectivity index (χ0) is 29.0. The highest BCUT2D eigenvalue weighted by Crippen LogP contribution is 2.29. The molecule has 0 aliphatic carbocycles. The second kappa shape index (κ2) is 10.1. The first kappa shape index (κ1) is 28.3. The van der Waals surface area contributed by atoms with Gasteiger partial charge in [-0.15, -0.1) is 0 Å². The Balaban J connectivity index is 1.99. The second-order valence-electron chi connectivity index (χ2n) is 9.40. The molecule has 3 aromatic rings. The van der Waals surface area contributed by atoms with E-state index >= 15 is 4.39 Å². The molecule has 3 heterocycles. The molecule has 4 rings (SSSR count). The minimum atomic E-state index is -4.91. The summed E-state index contributed by atoms with van der Waals surface area (Å²) in [6.45, 7) is 1.73. The van der Waals surface area contributed by atoms with Crippen LogP contribution in [-0.2, 0) is 0 Å². The lowest BCUT2D eigenvalue weighted by atomic mass is 10.0. The Morgan fingerprint density at radius 1 is 1.03 bits per heavy atom. The lowest BCUT2D eigenvalue weighted by Crippen LogP contribution is -2.49. The highest BCUT2D eigenvalue weighted by atomic mass is 19.4. The van der Waals surface area contributed by atoms with Crippen LogP contribution in [0.4, 0.5) is 36.6 Å². The van der Waals surface area contributed by atoms with Crippen molar-refractivity contribution in [2.24, 2.45) is 5.92 Å². The zero-order valence-electron chi connectivity index (χ0n) is 20.2. The number of pyridine rings is 2. The molecular formula is C24H21F7N4O4. The fourth-order valence-electron chi connectivity index (χ4n) is 4.32. The molecule has 1 fully saturated rings. The molecule has 0 saturated carbocycles. The number of rotatable bonds is 5. The van der Waals surface area contributed by atoms with E-state index < -0.39 is 93.1 Å². The van der Waals surface area contributed by atoms with Crippen molar-refractivity contribution in [2.45, 2.75) is 38.3 Å². The number of hydrogen-bond donors (Lipinski definition) is 3. The zero-order valence-corrected chi connectivity index (χ0v) is 20.2. The van der Waals surface area contributed by atoms with Crippen molar-refractivity contribution in [1.29, 1.82) is 0 Å². The van der Waals surface area contributed by atoms with Gasteiger partial charge in [0.25, 0.3) is 5.91 Å². The topological polar surface area (TPSA) is 108 Å². The Morgan fingerprint density at radius 2 is 1.59 bits per heavy atom. The van der Waals surface area contributed by atoms with Crippen LogP contribution in [0.15, 0.2) is 29.2 Å². The number of aliphatic hydroxyl groups excluding tert-OH is 2. The van der Waals surface area contributed by atoms with Crippen LogP contribution in [0, 0.1) is 29.2 Å². The largest absolute Gasteiger partial charge is 0.408 e. The molecule has 1 aliphatic heterocycles. The summed E-state index contributed by atoms with van der Waals surface area (Å²) in [7, 11) is 0. The summed E-state index contributed by atoms with van der Waals surface area (Å²) in [6.07, 6.45) is -6.97. The first-order valence-corrected chi connectivity index (χ1v) is 11.5. The number of hydrogen-bond acceptors (Lipinski definition) is 6. The van der Waals surface area contributed by atoms with Gasteiger partial charge in [0.1, 0.15) is 23.1 Å². The minimum Gasteiger partial charge on any atom is -0.389 e. The quantitative estimate of drug-likeness (QED) is 0.413. The molecule has 0 radical (unpaired) electrons. The summed E-state index contributed by atoms with van der Waals surface area (Å²) in [5.74, 6) is -8.84. The molecule has 1 unspecified atom stereocenters. The summed E-state index contributed by atoms with van der Waals surface area (Å²) in [6, 6.07) is -1.29. The van der Waals surface area contributed by atoms with E-state index in [0.29, 0.717) is 16.8 Å². The van der Waals surface area contributed by atoms with Gasteiger partial charge < -0.3 is 20.4 Å². The summed E-state index contributed by atoms with van der Waals surface area (Å²) in [5.41, 5.74) is -4.02. The predicted octanol–water partition coefficient (Wildman–Crippen LogP) is 2.80. The van der Waals surface area contributed by atoms with Crippen LogP contribution < -0.4 is 15.6 Å². The third-order valence-corrected chi connectivity index (χ3v) is 6.24. The molecule has 210 valence electrons. The summed E-state index contributed by atoms with van der Waals surface area (Å²) < 4.78 is 99.2. The summed E-state index contributed by atoms with van der Waals surface area (Å²) >= 11 is 0. The smallest absolute Gasteiger partial charge is 0.389 e. The fourth-order valence-corrected chi connectivity index (χ4v) is 4.32. The number of alkyl halides is 3. The standard InChI is InChI=1S/C24H21F7N4O4/c1-9(2)20(24(29,30)31)32-23(39)12-6-35(18-13(26)3-10(25)4-14(18)27)21-11(19(12)38)5-15(28)22(33-21)34-7-16(36)17(37)8-34/h3-6,9,16-17,20,36-37H,7-8H2,1-2H3,(H,32,39)/t16-,17+,20?. The van der Waals surface area contributed by atoms with Crippen molar-refractivity contribution >= 4 is 22.8 Å². The second-order valence-corrected chi connectivity index (χ2v) is 9.40. The van der Waals surface area contributed by atoms with E-state index in [1.165, 1.54) is 0 Å². The van der Waals surface area contributed by atoms with Gasteiger partial charge in [-0.1, -0.05) is 13.8 Å². The molecule has 3 N–H and O–H groups in total. The average molecular weight is 562 g/mol. The molecular weight excluding hydrogens is 541 g/mol. The van der Waals surface area contributed by atoms with Crippen molar-refractivity contribution in [2.75, 3.05) is 18.0 Å². The number of nitrogens with one attached hydrogen (secondary N) is 1. The number of halogens is 7. The van der Waals surface area contributed by atoms with Crippen LogP contribution in [0.2, 0.25) is 0 Å². The Kier molecular flexibility index (Phi) is 7.33. The summed E-state index contributed by atoms with van der Waals surface area (Å²) in [5, 5.41) is 20.6. The van der Waals surface area contributed by atoms with Crippen molar-refractivity contribution in [3.63, 3.8) is 0 Å². The van der Waals surface area contributed by atoms with Gasteiger partial charge in [0, 0.05) is 31.4 Å². The fraction of sp³-hybridized carbons (Fsp3) is 0.375. The number of carbonyl (C=O) groups is 1. The van der Waals surface area contributed by atoms with Gasteiger partial charge in [-0.05, 0) is 12.0 Å². The summed E-state index contributed by atoms with van der Waals surface area (Å²) in [4.78, 5) is 31.1. The number of β-amino-alcohol motifs (C(OH)–C–C–N with tert-alkyl or cyclic N) is 2. The monoisotopic (exact) mass is 562 g/mol. The van der Waals surface area contributed by atoms with Crippen LogP contribution in [0.3, 0.4) is 0 Å². The molecule has 1 aromatic carbocycles. The lowest BCUT2D eigenvalue weighted by Gasteiger charge is -2.25. The van der Waals surface area contributed by atoms with Gasteiger partial charge in [0.2, 0.25) is 5.43 Å². The SMILES string of the molecule is CC(C)C(NC(=O)c1cn(-c2c(F)cc(F)cc2F)c2nc(N3C[C@@H](O)[C@@H](O)C3)c(F)cc2c1=O)C(F)(F)F. The van der Waals surface area contributed by atoms with Gasteiger partial charge in [-0.3, -0.25) is 14.2 Å². The maximum absolute atomic E-state index is 15.1. The van der Waals surface area contributed by atoms with Gasteiger partial charge in [-0.2, -0.15) is 13.2 Å². The number of benzene rings is 1. The van der Waals surface area contributed by atoms with Crippen LogP contribution in [0.5, 0.6) is 0 Å². The van der Waals surface area contributed by atoms with Crippen LogP contribution in [0.25, 0.3) is 16.7 Å². The Hall–Kier alpha value is -3.72. The molecule has 1 amide bonds. The number of nitrogens with zero attached hydrogens (tertiary/aromatic N) is 3. The average Bonchev–Trinajstić information content (AvgIpc) is 3.14. The molecule has 3 atom stereocenters. The third kappa shape index (κ3) is 5.28. The lowest BCUT2D eigenvalue weighted by molar-refractivity contribution is -0.162. The van der Waals surface area contributed by atoms with E-state index in [2.05, 4.69) is 4.98 Å². The minimum absolute atomic E-state index is 0.276. The van der Waals surface area contributed by atoms with E-state index in [9.17, 15) is 46.1 Å². The maximum Gasteiger partial charge on any atom is 0.408 e. The first-order chi connectivity index (χ1) is 18.1. The van der Waals surface area contributed by atoms with Crippen molar-refractivity contribution in [3.05, 3.63) is 63.5 Å². The highest BCUT2D eigenvalue weighted by molar-refractivity contribution is 5.97. The molecule has 0 bridgehead atoms. The van der Waals surface area contributed by atoms with E-state index in [0.717, 1.165) is 18.7 Å².